The van der Waals surface area contributed by atoms with E-state index in [9.17, 15) is 9.90 Å². The van der Waals surface area contributed by atoms with E-state index in [1.807, 2.05) is 12.1 Å². The summed E-state index contributed by atoms with van der Waals surface area (Å²) in [5.74, 6) is -0.261. The number of carboxylic acid groups (broad SMARTS) is 1. The van der Waals surface area contributed by atoms with E-state index in [1.54, 1.807) is 6.26 Å². The van der Waals surface area contributed by atoms with E-state index in [-0.39, 0.29) is 6.54 Å². The molecule has 0 aliphatic carbocycles. The Labute approximate surface area is 118 Å². The summed E-state index contributed by atoms with van der Waals surface area (Å²) in [6.45, 7) is 3.25. The number of furan rings is 1. The van der Waals surface area contributed by atoms with Crippen molar-refractivity contribution in [1.82, 2.24) is 0 Å². The molecule has 1 aromatic carbocycles. The van der Waals surface area contributed by atoms with Crippen LogP contribution in [0.3, 0.4) is 0 Å². The molecule has 1 unspecified atom stereocenters. The van der Waals surface area contributed by atoms with Crippen molar-refractivity contribution in [2.45, 2.75) is 26.4 Å². The minimum absolute atomic E-state index is 0.0315. The first-order chi connectivity index (χ1) is 9.67. The van der Waals surface area contributed by atoms with Crippen molar-refractivity contribution >= 4 is 5.97 Å². The fourth-order valence-electron chi connectivity index (χ4n) is 2.23. The van der Waals surface area contributed by atoms with E-state index in [2.05, 4.69) is 31.2 Å². The summed E-state index contributed by atoms with van der Waals surface area (Å²) in [4.78, 5) is 11.8. The third-order valence-corrected chi connectivity index (χ3v) is 3.28. The molecule has 4 nitrogen and oxygen atoms in total. The fourth-order valence-corrected chi connectivity index (χ4v) is 2.23. The van der Waals surface area contributed by atoms with Gasteiger partial charge in [0.25, 0.3) is 0 Å². The zero-order chi connectivity index (χ0) is 14.4. The maximum Gasteiger partial charge on any atom is 0.157 e. The molecular weight excluding hydrogens is 254 g/mol. The number of rotatable bonds is 7. The summed E-state index contributed by atoms with van der Waals surface area (Å²) < 4.78 is 5.29. The lowest BCUT2D eigenvalue weighted by Gasteiger charge is -2.19. The molecule has 0 radical (unpaired) electrons. The Morgan fingerprint density at radius 3 is 2.40 bits per heavy atom. The number of hydrogen-bond acceptors (Lipinski definition) is 3. The van der Waals surface area contributed by atoms with Crippen LogP contribution in [0.25, 0.3) is 0 Å². The van der Waals surface area contributed by atoms with Crippen LogP contribution in [0.2, 0.25) is 0 Å². The molecule has 106 valence electrons. The lowest BCUT2D eigenvalue weighted by Crippen LogP contribution is -3.10. The van der Waals surface area contributed by atoms with E-state index in [0.29, 0.717) is 13.1 Å². The number of aryl methyl sites for hydroxylation is 1. The van der Waals surface area contributed by atoms with Gasteiger partial charge < -0.3 is 19.2 Å². The zero-order valence-corrected chi connectivity index (χ0v) is 11.6. The second-order valence-corrected chi connectivity index (χ2v) is 4.90. The molecule has 0 aliphatic heterocycles. The Kier molecular flexibility index (Phi) is 4.96. The quantitative estimate of drug-likeness (QED) is 0.783. The lowest BCUT2D eigenvalue weighted by atomic mass is 10.1. The van der Waals surface area contributed by atoms with Crippen LogP contribution in [-0.2, 0) is 24.3 Å². The van der Waals surface area contributed by atoms with Crippen molar-refractivity contribution in [1.29, 1.82) is 0 Å². The van der Waals surface area contributed by atoms with Crippen molar-refractivity contribution in [3.05, 3.63) is 59.5 Å². The van der Waals surface area contributed by atoms with Crippen molar-refractivity contribution < 1.29 is 19.2 Å². The smallest absolute Gasteiger partial charge is 0.157 e. The topological polar surface area (TPSA) is 57.7 Å². The molecule has 1 heterocycles. The first-order valence-electron chi connectivity index (χ1n) is 6.81. The van der Waals surface area contributed by atoms with Gasteiger partial charge in [0, 0.05) is 5.56 Å². The maximum absolute atomic E-state index is 10.9. The number of benzene rings is 1. The van der Waals surface area contributed by atoms with Crippen molar-refractivity contribution in [3.8, 4) is 0 Å². The van der Waals surface area contributed by atoms with E-state index >= 15 is 0 Å². The molecule has 20 heavy (non-hydrogen) atoms. The molecule has 4 heteroatoms. The van der Waals surface area contributed by atoms with Gasteiger partial charge in [-0.25, -0.2) is 0 Å². The van der Waals surface area contributed by atoms with Gasteiger partial charge in [0.15, 0.2) is 5.76 Å². The molecule has 0 aliphatic rings. The summed E-state index contributed by atoms with van der Waals surface area (Å²) in [7, 11) is 0. The number of carbonyl (C=O) groups is 1. The lowest BCUT2D eigenvalue weighted by molar-refractivity contribution is -0.922. The Morgan fingerprint density at radius 1 is 1.15 bits per heavy atom. The van der Waals surface area contributed by atoms with Gasteiger partial charge in [-0.05, 0) is 24.1 Å². The predicted octanol–water partition coefficient (Wildman–Crippen LogP) is 0.177. The third kappa shape index (κ3) is 4.24. The Hall–Kier alpha value is -2.07. The summed E-state index contributed by atoms with van der Waals surface area (Å²) in [5.41, 5.74) is 2.39. The van der Waals surface area contributed by atoms with Crippen LogP contribution >= 0.6 is 0 Å². The zero-order valence-electron chi connectivity index (χ0n) is 11.6. The molecule has 1 N–H and O–H groups in total. The third-order valence-electron chi connectivity index (χ3n) is 3.28. The summed E-state index contributed by atoms with van der Waals surface area (Å²) in [5, 5.41) is 10.9. The van der Waals surface area contributed by atoms with Gasteiger partial charge in [0.05, 0.1) is 12.2 Å². The van der Waals surface area contributed by atoms with Gasteiger partial charge in [-0.1, -0.05) is 31.2 Å². The number of aliphatic carboxylic acids is 1. The average molecular weight is 273 g/mol. The molecule has 0 fully saturated rings. The number of quaternary nitrogens is 1. The van der Waals surface area contributed by atoms with Crippen LogP contribution in [0.1, 0.15) is 23.8 Å². The van der Waals surface area contributed by atoms with Gasteiger partial charge in [-0.3, -0.25) is 0 Å². The Balaban J connectivity index is 2.03. The summed E-state index contributed by atoms with van der Waals surface area (Å²) in [6, 6.07) is 11.9. The standard InChI is InChI=1S/C16H19NO3/c1-2-13-5-7-14(8-6-13)10-17(12-16(18)19)11-15-4-3-9-20-15/h3-9H,2,10-12H2,1H3,(H,18,19). The van der Waals surface area contributed by atoms with Crippen molar-refractivity contribution in [2.75, 3.05) is 6.54 Å². The van der Waals surface area contributed by atoms with Crippen LogP contribution in [0, 0.1) is 0 Å². The van der Waals surface area contributed by atoms with E-state index in [1.165, 1.54) is 5.56 Å². The first-order valence-corrected chi connectivity index (χ1v) is 6.81. The highest BCUT2D eigenvalue weighted by molar-refractivity contribution is 5.65. The largest absolute Gasteiger partial charge is 0.544 e. The number of nitrogens with one attached hydrogen (secondary N) is 1. The van der Waals surface area contributed by atoms with Gasteiger partial charge in [0.2, 0.25) is 0 Å². The Bertz CT molecular complexity index is 531. The Morgan fingerprint density at radius 2 is 1.85 bits per heavy atom. The van der Waals surface area contributed by atoms with Crippen LogP contribution < -0.4 is 10.0 Å². The molecule has 0 bridgehead atoms. The highest BCUT2D eigenvalue weighted by Gasteiger charge is 2.12. The van der Waals surface area contributed by atoms with Gasteiger partial charge >= 0.3 is 0 Å². The number of carboxylic acids is 1. The minimum Gasteiger partial charge on any atom is -0.544 e. The highest BCUT2D eigenvalue weighted by atomic mass is 16.4. The second-order valence-electron chi connectivity index (χ2n) is 4.90. The molecule has 1 atom stereocenters. The average Bonchev–Trinajstić information content (AvgIpc) is 2.91. The summed E-state index contributed by atoms with van der Waals surface area (Å²) in [6.07, 6.45) is 2.60. The summed E-state index contributed by atoms with van der Waals surface area (Å²) >= 11 is 0. The minimum atomic E-state index is -1.04. The molecule has 0 amide bonds. The maximum atomic E-state index is 10.9. The SMILES string of the molecule is CCc1ccc(C[NH+](CC(=O)[O-])Cc2ccco2)cc1. The normalized spacial score (nSPS) is 12.2. The number of hydrogen-bond donors (Lipinski definition) is 1. The van der Waals surface area contributed by atoms with E-state index in [4.69, 9.17) is 4.42 Å². The monoisotopic (exact) mass is 273 g/mol. The first kappa shape index (κ1) is 14.3. The van der Waals surface area contributed by atoms with Crippen molar-refractivity contribution in [3.63, 3.8) is 0 Å². The van der Waals surface area contributed by atoms with Crippen LogP contribution in [0.5, 0.6) is 0 Å². The predicted molar refractivity (Wildman–Crippen MR) is 72.8 cm³/mol. The van der Waals surface area contributed by atoms with E-state index in [0.717, 1.165) is 22.6 Å². The molecule has 2 aromatic rings. The highest BCUT2D eigenvalue weighted by Crippen LogP contribution is 2.04. The van der Waals surface area contributed by atoms with Gasteiger partial charge in [-0.2, -0.15) is 0 Å². The molecular formula is C16H19NO3. The van der Waals surface area contributed by atoms with Crippen LogP contribution in [-0.4, -0.2) is 12.5 Å². The molecule has 0 spiro atoms. The van der Waals surface area contributed by atoms with Crippen LogP contribution in [0.4, 0.5) is 0 Å². The molecule has 1 aromatic heterocycles. The second kappa shape index (κ2) is 6.91. The molecule has 0 saturated carbocycles. The van der Waals surface area contributed by atoms with Gasteiger partial charge in [0.1, 0.15) is 19.6 Å². The van der Waals surface area contributed by atoms with Crippen LogP contribution in [0.15, 0.2) is 47.1 Å². The van der Waals surface area contributed by atoms with Crippen molar-refractivity contribution in [2.24, 2.45) is 0 Å². The van der Waals surface area contributed by atoms with E-state index < -0.39 is 5.97 Å². The molecule has 0 saturated heterocycles. The molecule has 2 rings (SSSR count). The number of carbonyl (C=O) groups excluding carboxylic acids is 1. The fraction of sp³-hybridized carbons (Fsp3) is 0.312. The van der Waals surface area contributed by atoms with Gasteiger partial charge in [-0.15, -0.1) is 0 Å².